The van der Waals surface area contributed by atoms with Crippen molar-refractivity contribution < 1.29 is 10.3 Å². The summed E-state index contributed by atoms with van der Waals surface area (Å²) in [6.07, 6.45) is 5.87. The molecule has 0 aromatic heterocycles. The molecule has 4 nitrogen and oxygen atoms in total. The van der Waals surface area contributed by atoms with Crippen molar-refractivity contribution in [2.75, 3.05) is 0 Å². The third-order valence-electron chi connectivity index (χ3n) is 1.13. The predicted octanol–water partition coefficient (Wildman–Crippen LogP) is -0.962. The molecule has 0 fully saturated rings. The van der Waals surface area contributed by atoms with Crippen molar-refractivity contribution in [3.8, 4) is 0 Å². The standard InChI is InChI=1S/C6H8N2O.H2O/c7-6(9)5-2-1-3-8-4-5;/h1,3-4,8H,2H2,(H2,7,9);1H2. The average Bonchev–Trinajstić information content (AvgIpc) is 1.90. The van der Waals surface area contributed by atoms with E-state index in [0.717, 1.165) is 0 Å². The van der Waals surface area contributed by atoms with Crippen LogP contribution in [0.15, 0.2) is 24.0 Å². The van der Waals surface area contributed by atoms with E-state index in [0.29, 0.717) is 12.0 Å². The molecule has 0 bridgehead atoms. The van der Waals surface area contributed by atoms with Gasteiger partial charge in [0.2, 0.25) is 5.91 Å². The van der Waals surface area contributed by atoms with Gasteiger partial charge in [0.05, 0.1) is 0 Å². The molecule has 0 atom stereocenters. The quantitative estimate of drug-likeness (QED) is 0.494. The molecule has 0 radical (unpaired) electrons. The number of rotatable bonds is 1. The van der Waals surface area contributed by atoms with Gasteiger partial charge in [0.15, 0.2) is 0 Å². The first-order chi connectivity index (χ1) is 4.30. The highest BCUT2D eigenvalue weighted by atomic mass is 16.1. The van der Waals surface area contributed by atoms with E-state index < -0.39 is 0 Å². The molecule has 1 aliphatic rings. The molecule has 1 amide bonds. The lowest BCUT2D eigenvalue weighted by Crippen LogP contribution is -2.17. The molecule has 0 saturated carbocycles. The van der Waals surface area contributed by atoms with Crippen molar-refractivity contribution in [1.29, 1.82) is 0 Å². The van der Waals surface area contributed by atoms with E-state index in [-0.39, 0.29) is 11.4 Å². The molecule has 4 heteroatoms. The second kappa shape index (κ2) is 3.68. The van der Waals surface area contributed by atoms with Gasteiger partial charge in [0.25, 0.3) is 0 Å². The lowest BCUT2D eigenvalue weighted by molar-refractivity contribution is -0.114. The Balaban J connectivity index is 0.000000810. The highest BCUT2D eigenvalue weighted by Crippen LogP contribution is 2.02. The Kier molecular flexibility index (Phi) is 3.21. The average molecular weight is 142 g/mol. The lowest BCUT2D eigenvalue weighted by atomic mass is 10.2. The summed E-state index contributed by atoms with van der Waals surface area (Å²) < 4.78 is 0. The normalized spacial score (nSPS) is 14.6. The maximum atomic E-state index is 10.4. The van der Waals surface area contributed by atoms with Crippen LogP contribution in [-0.2, 0) is 4.79 Å². The maximum Gasteiger partial charge on any atom is 0.246 e. The van der Waals surface area contributed by atoms with Gasteiger partial charge in [-0.2, -0.15) is 0 Å². The molecule has 1 heterocycles. The molecule has 56 valence electrons. The van der Waals surface area contributed by atoms with Gasteiger partial charge in [-0.25, -0.2) is 0 Å². The fourth-order valence-corrected chi connectivity index (χ4v) is 0.633. The number of primary amides is 1. The third kappa shape index (κ3) is 1.91. The van der Waals surface area contributed by atoms with E-state index in [1.807, 2.05) is 6.08 Å². The Morgan fingerprint density at radius 2 is 2.40 bits per heavy atom. The first kappa shape index (κ1) is 8.71. The Hall–Kier alpha value is -1.29. The minimum absolute atomic E-state index is 0. The molecule has 0 aromatic carbocycles. The molecule has 0 unspecified atom stereocenters. The van der Waals surface area contributed by atoms with Gasteiger partial charge in [0, 0.05) is 11.8 Å². The lowest BCUT2D eigenvalue weighted by Gasteiger charge is -2.03. The van der Waals surface area contributed by atoms with Gasteiger partial charge in [-0.1, -0.05) is 6.08 Å². The van der Waals surface area contributed by atoms with E-state index >= 15 is 0 Å². The van der Waals surface area contributed by atoms with Crippen LogP contribution in [0.2, 0.25) is 0 Å². The molecule has 10 heavy (non-hydrogen) atoms. The number of allylic oxidation sites excluding steroid dienone is 1. The summed E-state index contributed by atoms with van der Waals surface area (Å²) in [6.45, 7) is 0. The Morgan fingerprint density at radius 1 is 1.70 bits per heavy atom. The van der Waals surface area contributed by atoms with Crippen molar-refractivity contribution in [2.45, 2.75) is 6.42 Å². The zero-order chi connectivity index (χ0) is 6.69. The summed E-state index contributed by atoms with van der Waals surface area (Å²) in [7, 11) is 0. The molecule has 0 spiro atoms. The minimum Gasteiger partial charge on any atom is -0.412 e. The summed E-state index contributed by atoms with van der Waals surface area (Å²) >= 11 is 0. The number of amides is 1. The second-order valence-corrected chi connectivity index (χ2v) is 1.81. The van der Waals surface area contributed by atoms with Crippen LogP contribution in [0.1, 0.15) is 6.42 Å². The van der Waals surface area contributed by atoms with Crippen molar-refractivity contribution in [3.05, 3.63) is 24.0 Å². The molecule has 1 rings (SSSR count). The van der Waals surface area contributed by atoms with Crippen molar-refractivity contribution in [3.63, 3.8) is 0 Å². The summed E-state index contributed by atoms with van der Waals surface area (Å²) in [4.78, 5) is 10.4. The third-order valence-corrected chi connectivity index (χ3v) is 1.13. The molecular weight excluding hydrogens is 132 g/mol. The second-order valence-electron chi connectivity index (χ2n) is 1.81. The topological polar surface area (TPSA) is 86.6 Å². The van der Waals surface area contributed by atoms with E-state index in [9.17, 15) is 4.79 Å². The smallest absolute Gasteiger partial charge is 0.246 e. The molecule has 1 aliphatic heterocycles. The number of nitrogens with one attached hydrogen (secondary N) is 1. The number of dihydropyridines is 1. The fraction of sp³-hybridized carbons (Fsp3) is 0.167. The fourth-order valence-electron chi connectivity index (χ4n) is 0.633. The van der Waals surface area contributed by atoms with Crippen molar-refractivity contribution in [2.24, 2.45) is 5.73 Å². The van der Waals surface area contributed by atoms with Gasteiger partial charge >= 0.3 is 0 Å². The van der Waals surface area contributed by atoms with Gasteiger partial charge in [0.1, 0.15) is 0 Å². The minimum atomic E-state index is -0.355. The molecular formula is C6H10N2O2. The predicted molar refractivity (Wildman–Crippen MR) is 37.8 cm³/mol. The summed E-state index contributed by atoms with van der Waals surface area (Å²) in [5.41, 5.74) is 5.61. The van der Waals surface area contributed by atoms with Gasteiger partial charge in [-0.05, 0) is 12.6 Å². The number of hydrogen-bond donors (Lipinski definition) is 2. The zero-order valence-electron chi connectivity index (χ0n) is 5.42. The molecule has 0 aromatic rings. The van der Waals surface area contributed by atoms with Gasteiger partial charge in [-0.15, -0.1) is 0 Å². The first-order valence-corrected chi connectivity index (χ1v) is 2.70. The molecule has 0 saturated heterocycles. The highest BCUT2D eigenvalue weighted by molar-refractivity contribution is 5.92. The van der Waals surface area contributed by atoms with Crippen LogP contribution in [0, 0.1) is 0 Å². The number of nitrogens with two attached hydrogens (primary N) is 1. The van der Waals surface area contributed by atoms with Crippen LogP contribution in [-0.4, -0.2) is 11.4 Å². The molecule has 0 aliphatic carbocycles. The SMILES string of the molecule is NC(=O)C1=CNC=CC1.O. The van der Waals surface area contributed by atoms with E-state index in [1.54, 1.807) is 12.4 Å². The van der Waals surface area contributed by atoms with Crippen molar-refractivity contribution >= 4 is 5.91 Å². The first-order valence-electron chi connectivity index (χ1n) is 2.70. The van der Waals surface area contributed by atoms with Crippen LogP contribution in [0.4, 0.5) is 0 Å². The van der Waals surface area contributed by atoms with Gasteiger partial charge in [-0.3, -0.25) is 4.79 Å². The van der Waals surface area contributed by atoms with E-state index in [4.69, 9.17) is 5.73 Å². The Morgan fingerprint density at radius 3 is 2.70 bits per heavy atom. The zero-order valence-corrected chi connectivity index (χ0v) is 5.42. The number of carbonyl (C=O) groups excluding carboxylic acids is 1. The molecule has 5 N–H and O–H groups in total. The maximum absolute atomic E-state index is 10.4. The van der Waals surface area contributed by atoms with Crippen LogP contribution >= 0.6 is 0 Å². The van der Waals surface area contributed by atoms with Crippen LogP contribution < -0.4 is 11.1 Å². The number of hydrogen-bond acceptors (Lipinski definition) is 2. The van der Waals surface area contributed by atoms with Crippen LogP contribution in [0.3, 0.4) is 0 Å². The number of carbonyl (C=O) groups is 1. The Labute approximate surface area is 58.7 Å². The van der Waals surface area contributed by atoms with E-state index in [2.05, 4.69) is 5.32 Å². The highest BCUT2D eigenvalue weighted by Gasteiger charge is 2.02. The summed E-state index contributed by atoms with van der Waals surface area (Å²) in [5.74, 6) is -0.355. The van der Waals surface area contributed by atoms with Crippen molar-refractivity contribution in [1.82, 2.24) is 5.32 Å². The Bertz CT molecular complexity index is 184. The van der Waals surface area contributed by atoms with Gasteiger partial charge < -0.3 is 16.5 Å². The van der Waals surface area contributed by atoms with E-state index in [1.165, 1.54) is 0 Å². The van der Waals surface area contributed by atoms with Crippen LogP contribution in [0.25, 0.3) is 0 Å². The summed E-state index contributed by atoms with van der Waals surface area (Å²) in [6, 6.07) is 0. The monoisotopic (exact) mass is 142 g/mol. The summed E-state index contributed by atoms with van der Waals surface area (Å²) in [5, 5.41) is 2.77. The largest absolute Gasteiger partial charge is 0.412 e. The van der Waals surface area contributed by atoms with Crippen LogP contribution in [0.5, 0.6) is 0 Å².